The summed E-state index contributed by atoms with van der Waals surface area (Å²) in [6.45, 7) is 4.26. The number of carbonyl (C=O) groups excluding carboxylic acids is 2. The Balaban J connectivity index is 2.88. The molecule has 0 aliphatic heterocycles. The summed E-state index contributed by atoms with van der Waals surface area (Å²) in [4.78, 5) is 35.4. The van der Waals surface area contributed by atoms with E-state index in [4.69, 9.17) is 0 Å². The zero-order chi connectivity index (χ0) is 14.2. The molecule has 0 amide bonds. The van der Waals surface area contributed by atoms with Crippen LogP contribution in [-0.4, -0.2) is 20.9 Å². The van der Waals surface area contributed by atoms with E-state index in [0.29, 0.717) is 11.4 Å². The first-order chi connectivity index (χ1) is 8.95. The SMILES string of the molecule is CC(=O)n1c(C)c(-c2ccccc2)n(C(C)=O)c1=O. The van der Waals surface area contributed by atoms with Crippen LogP contribution in [0, 0.1) is 6.92 Å². The number of hydrogen-bond donors (Lipinski definition) is 0. The number of imidazole rings is 1. The van der Waals surface area contributed by atoms with E-state index in [9.17, 15) is 14.4 Å². The van der Waals surface area contributed by atoms with Gasteiger partial charge in [0.15, 0.2) is 0 Å². The predicted molar refractivity (Wildman–Crippen MR) is 71.5 cm³/mol. The number of nitrogens with zero attached hydrogens (tertiary/aromatic N) is 2. The molecule has 0 aliphatic carbocycles. The van der Waals surface area contributed by atoms with Gasteiger partial charge in [0.2, 0.25) is 11.8 Å². The summed E-state index contributed by atoms with van der Waals surface area (Å²) >= 11 is 0. The molecule has 98 valence electrons. The van der Waals surface area contributed by atoms with E-state index in [1.807, 2.05) is 18.2 Å². The van der Waals surface area contributed by atoms with Crippen LogP contribution in [0.1, 0.15) is 29.1 Å². The first-order valence-corrected chi connectivity index (χ1v) is 5.86. The Morgan fingerprint density at radius 2 is 1.47 bits per heavy atom. The molecule has 1 aromatic heterocycles. The monoisotopic (exact) mass is 258 g/mol. The second kappa shape index (κ2) is 4.68. The van der Waals surface area contributed by atoms with Crippen molar-refractivity contribution >= 4 is 11.8 Å². The zero-order valence-corrected chi connectivity index (χ0v) is 11.0. The van der Waals surface area contributed by atoms with Crippen LogP contribution < -0.4 is 5.69 Å². The number of carbonyl (C=O) groups is 2. The average molecular weight is 258 g/mol. The zero-order valence-electron chi connectivity index (χ0n) is 11.0. The normalized spacial score (nSPS) is 10.5. The number of rotatable bonds is 1. The molecule has 5 nitrogen and oxygen atoms in total. The first kappa shape index (κ1) is 13.0. The van der Waals surface area contributed by atoms with Gasteiger partial charge in [0.05, 0.1) is 11.4 Å². The highest BCUT2D eigenvalue weighted by atomic mass is 16.2. The summed E-state index contributed by atoms with van der Waals surface area (Å²) < 4.78 is 2.05. The molecule has 0 unspecified atom stereocenters. The van der Waals surface area contributed by atoms with E-state index in [-0.39, 0.29) is 0 Å². The Labute approximate surface area is 110 Å². The molecule has 0 saturated heterocycles. The second-order valence-electron chi connectivity index (χ2n) is 4.29. The van der Waals surface area contributed by atoms with Gasteiger partial charge in [-0.3, -0.25) is 9.59 Å². The smallest absolute Gasteiger partial charge is 0.274 e. The predicted octanol–water partition coefficient (Wildman–Crippen LogP) is 1.95. The highest BCUT2D eigenvalue weighted by molar-refractivity contribution is 5.86. The average Bonchev–Trinajstić information content (AvgIpc) is 2.61. The van der Waals surface area contributed by atoms with Crippen molar-refractivity contribution in [2.75, 3.05) is 0 Å². The van der Waals surface area contributed by atoms with E-state index in [0.717, 1.165) is 14.7 Å². The Morgan fingerprint density at radius 1 is 0.947 bits per heavy atom. The van der Waals surface area contributed by atoms with Crippen LogP contribution in [0.5, 0.6) is 0 Å². The van der Waals surface area contributed by atoms with Crippen molar-refractivity contribution in [1.82, 2.24) is 9.13 Å². The molecule has 0 saturated carbocycles. The molecule has 0 atom stereocenters. The minimum absolute atomic E-state index is 0.403. The van der Waals surface area contributed by atoms with E-state index in [1.54, 1.807) is 19.1 Å². The summed E-state index contributed by atoms with van der Waals surface area (Å²) in [5.41, 5.74) is 1.05. The number of benzene rings is 1. The molecule has 19 heavy (non-hydrogen) atoms. The van der Waals surface area contributed by atoms with Crippen LogP contribution in [0.3, 0.4) is 0 Å². The second-order valence-corrected chi connectivity index (χ2v) is 4.29. The maximum absolute atomic E-state index is 12.2. The molecule has 0 radical (unpaired) electrons. The maximum Gasteiger partial charge on any atom is 0.342 e. The lowest BCUT2D eigenvalue weighted by atomic mass is 10.1. The van der Waals surface area contributed by atoms with Crippen LogP contribution in [0.2, 0.25) is 0 Å². The molecule has 5 heteroatoms. The van der Waals surface area contributed by atoms with Gasteiger partial charge in [0.1, 0.15) is 0 Å². The molecule has 0 fully saturated rings. The van der Waals surface area contributed by atoms with Gasteiger partial charge in [-0.1, -0.05) is 30.3 Å². The summed E-state index contributed by atoms with van der Waals surface area (Å²) in [5, 5.41) is 0. The molecule has 0 N–H and O–H groups in total. The third-order valence-electron chi connectivity index (χ3n) is 2.96. The van der Waals surface area contributed by atoms with E-state index in [1.165, 1.54) is 13.8 Å². The molecule has 2 aromatic rings. The lowest BCUT2D eigenvalue weighted by molar-refractivity contribution is 0.0921. The fraction of sp³-hybridized carbons (Fsp3) is 0.214. The Kier molecular flexibility index (Phi) is 3.21. The number of hydrogen-bond acceptors (Lipinski definition) is 3. The van der Waals surface area contributed by atoms with Crippen molar-refractivity contribution in [1.29, 1.82) is 0 Å². The lowest BCUT2D eigenvalue weighted by Crippen LogP contribution is -2.30. The van der Waals surface area contributed by atoms with Gasteiger partial charge in [-0.25, -0.2) is 13.9 Å². The van der Waals surface area contributed by atoms with Crippen LogP contribution in [0.15, 0.2) is 35.1 Å². The van der Waals surface area contributed by atoms with Crippen molar-refractivity contribution in [2.24, 2.45) is 0 Å². The third kappa shape index (κ3) is 2.03. The third-order valence-corrected chi connectivity index (χ3v) is 2.96. The van der Waals surface area contributed by atoms with Gasteiger partial charge in [0.25, 0.3) is 0 Å². The van der Waals surface area contributed by atoms with E-state index in [2.05, 4.69) is 0 Å². The van der Waals surface area contributed by atoms with E-state index < -0.39 is 17.5 Å². The molecule has 0 aliphatic rings. The lowest BCUT2D eigenvalue weighted by Gasteiger charge is -2.04. The first-order valence-electron chi connectivity index (χ1n) is 5.86. The summed E-state index contributed by atoms with van der Waals surface area (Å²) in [7, 11) is 0. The largest absolute Gasteiger partial charge is 0.342 e. The fourth-order valence-corrected chi connectivity index (χ4v) is 2.20. The molecule has 1 heterocycles. The quantitative estimate of drug-likeness (QED) is 0.785. The van der Waals surface area contributed by atoms with Gasteiger partial charge in [-0.2, -0.15) is 0 Å². The topological polar surface area (TPSA) is 61.1 Å². The van der Waals surface area contributed by atoms with E-state index >= 15 is 0 Å². The molecule has 0 bridgehead atoms. The standard InChI is InChI=1S/C14H14N2O3/c1-9-13(12-7-5-4-6-8-12)16(11(3)18)14(19)15(9)10(2)17/h4-8H,1-3H3. The van der Waals surface area contributed by atoms with Crippen molar-refractivity contribution < 1.29 is 9.59 Å². The molecular formula is C14H14N2O3. The van der Waals surface area contributed by atoms with Crippen molar-refractivity contribution in [3.05, 3.63) is 46.5 Å². The highest BCUT2D eigenvalue weighted by Crippen LogP contribution is 2.22. The van der Waals surface area contributed by atoms with Crippen molar-refractivity contribution in [3.8, 4) is 11.3 Å². The van der Waals surface area contributed by atoms with Crippen LogP contribution in [0.25, 0.3) is 11.3 Å². The van der Waals surface area contributed by atoms with Gasteiger partial charge in [-0.05, 0) is 6.92 Å². The minimum atomic E-state index is -0.614. The van der Waals surface area contributed by atoms with Crippen molar-refractivity contribution in [2.45, 2.75) is 20.8 Å². The fourth-order valence-electron chi connectivity index (χ4n) is 2.20. The Hall–Kier alpha value is -2.43. The molecular weight excluding hydrogens is 244 g/mol. The van der Waals surface area contributed by atoms with Gasteiger partial charge in [-0.15, -0.1) is 0 Å². The summed E-state index contributed by atoms with van der Waals surface area (Å²) in [6, 6.07) is 9.07. The minimum Gasteiger partial charge on any atom is -0.274 e. The molecule has 1 aromatic carbocycles. The molecule has 0 spiro atoms. The summed E-state index contributed by atoms with van der Waals surface area (Å²) in [6.07, 6.45) is 0. The van der Waals surface area contributed by atoms with Crippen LogP contribution in [-0.2, 0) is 0 Å². The van der Waals surface area contributed by atoms with Crippen LogP contribution in [0.4, 0.5) is 0 Å². The van der Waals surface area contributed by atoms with Gasteiger partial charge in [0, 0.05) is 19.4 Å². The van der Waals surface area contributed by atoms with Crippen LogP contribution >= 0.6 is 0 Å². The number of aromatic nitrogens is 2. The summed E-state index contributed by atoms with van der Waals surface area (Å²) in [5.74, 6) is -0.813. The van der Waals surface area contributed by atoms with Crippen molar-refractivity contribution in [3.63, 3.8) is 0 Å². The maximum atomic E-state index is 12.2. The van der Waals surface area contributed by atoms with Gasteiger partial charge >= 0.3 is 5.69 Å². The Morgan fingerprint density at radius 3 is 1.95 bits per heavy atom. The molecule has 2 rings (SSSR count). The highest BCUT2D eigenvalue weighted by Gasteiger charge is 2.22. The van der Waals surface area contributed by atoms with Gasteiger partial charge < -0.3 is 0 Å². The Bertz CT molecular complexity index is 708.